The molecule has 96 heavy (non-hydrogen) atoms. The van der Waals surface area contributed by atoms with Crippen molar-refractivity contribution in [1.29, 1.82) is 0 Å². The lowest BCUT2D eigenvalue weighted by Crippen LogP contribution is -2.30. The molecule has 5 atom stereocenters. The van der Waals surface area contributed by atoms with E-state index in [0.717, 1.165) is 122 Å². The molecule has 0 aromatic carbocycles. The molecule has 0 rings (SSSR count). The Balaban J connectivity index is 5.28. The highest BCUT2D eigenvalue weighted by Crippen LogP contribution is 2.45. The summed E-state index contributed by atoms with van der Waals surface area (Å²) in [4.78, 5) is 72.8. The summed E-state index contributed by atoms with van der Waals surface area (Å²) in [5.41, 5.74) is 0. The summed E-state index contributed by atoms with van der Waals surface area (Å²) >= 11 is 0. The molecule has 5 unspecified atom stereocenters. The van der Waals surface area contributed by atoms with Gasteiger partial charge in [-0.1, -0.05) is 320 Å². The van der Waals surface area contributed by atoms with Crippen LogP contribution in [-0.4, -0.2) is 96.7 Å². The van der Waals surface area contributed by atoms with E-state index in [9.17, 15) is 43.2 Å². The van der Waals surface area contributed by atoms with E-state index in [-0.39, 0.29) is 25.7 Å². The molecule has 0 heterocycles. The topological polar surface area (TPSA) is 237 Å². The summed E-state index contributed by atoms with van der Waals surface area (Å²) in [6.07, 6.45) is 66.7. The van der Waals surface area contributed by atoms with Crippen LogP contribution in [0.2, 0.25) is 0 Å². The Morgan fingerprint density at radius 3 is 0.833 bits per heavy atom. The van der Waals surface area contributed by atoms with Gasteiger partial charge in [0.25, 0.3) is 0 Å². The molecule has 0 bridgehead atoms. The Bertz CT molecular complexity index is 2010. The van der Waals surface area contributed by atoms with Crippen LogP contribution in [-0.2, 0) is 65.4 Å². The zero-order valence-electron chi connectivity index (χ0n) is 61.3. The molecule has 0 aliphatic heterocycles. The van der Waals surface area contributed by atoms with Gasteiger partial charge in [-0.05, 0) is 64.2 Å². The number of hydrogen-bond acceptors (Lipinski definition) is 15. The average Bonchev–Trinajstić information content (AvgIpc) is 1.13. The Hall–Kier alpha value is -2.98. The molecule has 0 amide bonds. The van der Waals surface area contributed by atoms with Crippen molar-refractivity contribution < 1.29 is 80.2 Å². The van der Waals surface area contributed by atoms with Crippen LogP contribution >= 0.6 is 15.6 Å². The van der Waals surface area contributed by atoms with Gasteiger partial charge in [0.15, 0.2) is 12.2 Å². The minimum atomic E-state index is -4.97. The standard InChI is InChI=1S/C77H142O17P2/c1-5-9-13-17-21-25-29-32-34-35-37-40-43-46-50-54-58-62-75(80)87-67-72(93-76(81)63-59-55-51-47-41-28-24-20-16-12-8-4)69-91-95(83,84)89-65-71(78)66-90-96(85,86)92-70-73(94-77(82)64-60-56-52-48-44-38-31-27-23-19-15-11-7-3)68-88-74(79)61-57-53-49-45-42-39-36-33-30-26-22-18-14-10-6-2/h9,13,21,25,32,34,37,40,71-73,78H,5-8,10-12,14-20,22-24,26-31,33,35-36,38-39,41-70H2,1-4H3,(H,83,84)(H,85,86)/b13-9-,25-21-,34-32-,40-37-. The molecule has 0 aromatic rings. The van der Waals surface area contributed by atoms with Gasteiger partial charge < -0.3 is 33.8 Å². The highest BCUT2D eigenvalue weighted by Gasteiger charge is 2.30. The lowest BCUT2D eigenvalue weighted by molar-refractivity contribution is -0.161. The van der Waals surface area contributed by atoms with E-state index < -0.39 is 97.5 Å². The third-order valence-corrected chi connectivity index (χ3v) is 18.7. The lowest BCUT2D eigenvalue weighted by Gasteiger charge is -2.21. The van der Waals surface area contributed by atoms with E-state index in [2.05, 4.69) is 76.3 Å². The fraction of sp³-hybridized carbons (Fsp3) is 0.844. The van der Waals surface area contributed by atoms with E-state index in [0.29, 0.717) is 25.7 Å². The Labute approximate surface area is 585 Å². The number of allylic oxidation sites excluding steroid dienone is 8. The summed E-state index contributed by atoms with van der Waals surface area (Å²) in [6, 6.07) is 0. The zero-order valence-corrected chi connectivity index (χ0v) is 63.1. The van der Waals surface area contributed by atoms with Crippen LogP contribution in [0, 0.1) is 0 Å². The normalized spacial score (nSPS) is 14.2. The number of aliphatic hydroxyl groups excluding tert-OH is 1. The molecule has 0 aromatic heterocycles. The van der Waals surface area contributed by atoms with Crippen molar-refractivity contribution in [2.45, 2.75) is 380 Å². The number of rotatable bonds is 74. The van der Waals surface area contributed by atoms with E-state index >= 15 is 0 Å². The van der Waals surface area contributed by atoms with Crippen molar-refractivity contribution in [2.75, 3.05) is 39.6 Å². The van der Waals surface area contributed by atoms with Gasteiger partial charge >= 0.3 is 39.5 Å². The summed E-state index contributed by atoms with van der Waals surface area (Å²) in [6.45, 7) is 4.80. The van der Waals surface area contributed by atoms with Crippen LogP contribution in [0.15, 0.2) is 48.6 Å². The molecule has 0 aliphatic rings. The van der Waals surface area contributed by atoms with E-state index in [1.54, 1.807) is 0 Å². The smallest absolute Gasteiger partial charge is 0.462 e. The lowest BCUT2D eigenvalue weighted by atomic mass is 10.0. The number of carbonyl (C=O) groups is 4. The van der Waals surface area contributed by atoms with Crippen LogP contribution in [0.5, 0.6) is 0 Å². The third kappa shape index (κ3) is 69.5. The van der Waals surface area contributed by atoms with E-state index in [1.165, 1.54) is 161 Å². The maximum atomic E-state index is 13.1. The number of ether oxygens (including phenoxy) is 4. The van der Waals surface area contributed by atoms with Gasteiger partial charge in [0.05, 0.1) is 26.4 Å². The second-order valence-electron chi connectivity index (χ2n) is 26.3. The van der Waals surface area contributed by atoms with Gasteiger partial charge in [-0.25, -0.2) is 9.13 Å². The van der Waals surface area contributed by atoms with Gasteiger partial charge in [-0.15, -0.1) is 0 Å². The maximum Gasteiger partial charge on any atom is 0.472 e. The maximum absolute atomic E-state index is 13.1. The molecule has 0 fully saturated rings. The fourth-order valence-electron chi connectivity index (χ4n) is 10.9. The minimum Gasteiger partial charge on any atom is -0.462 e. The van der Waals surface area contributed by atoms with E-state index in [1.807, 2.05) is 0 Å². The Morgan fingerprint density at radius 1 is 0.302 bits per heavy atom. The highest BCUT2D eigenvalue weighted by atomic mass is 31.2. The SMILES string of the molecule is CC/C=C\C/C=C\C/C=C\C/C=C\CCCCCCC(=O)OCC(COP(=O)(O)OCC(O)COP(=O)(O)OCC(COC(=O)CCCCCCCCCCCCCCCCC)OC(=O)CCCCCCCCCCCCCCC)OC(=O)CCCCCCCCCCCCC. The number of esters is 4. The van der Waals surface area contributed by atoms with Gasteiger partial charge in [-0.3, -0.25) is 37.3 Å². The van der Waals surface area contributed by atoms with Crippen LogP contribution in [0.3, 0.4) is 0 Å². The molecule has 19 heteroatoms. The molecule has 0 radical (unpaired) electrons. The first-order valence-corrected chi connectivity index (χ1v) is 41.9. The van der Waals surface area contributed by atoms with Crippen LogP contribution in [0.4, 0.5) is 0 Å². The largest absolute Gasteiger partial charge is 0.472 e. The summed E-state index contributed by atoms with van der Waals surface area (Å²) in [5.74, 6) is -2.16. The summed E-state index contributed by atoms with van der Waals surface area (Å²) < 4.78 is 68.5. The van der Waals surface area contributed by atoms with Crippen molar-refractivity contribution in [3.63, 3.8) is 0 Å². The molecule has 562 valence electrons. The average molecular weight is 1400 g/mol. The van der Waals surface area contributed by atoms with Gasteiger partial charge in [0.1, 0.15) is 19.3 Å². The number of carbonyl (C=O) groups excluding carboxylic acids is 4. The monoisotopic (exact) mass is 1400 g/mol. The van der Waals surface area contributed by atoms with E-state index in [4.69, 9.17) is 37.0 Å². The van der Waals surface area contributed by atoms with Crippen LogP contribution < -0.4 is 0 Å². The number of hydrogen-bond donors (Lipinski definition) is 3. The predicted octanol–water partition coefficient (Wildman–Crippen LogP) is 22.1. The second kappa shape index (κ2) is 70.5. The molecule has 0 saturated carbocycles. The summed E-state index contributed by atoms with van der Waals surface area (Å²) in [5, 5.41) is 10.6. The summed E-state index contributed by atoms with van der Waals surface area (Å²) in [7, 11) is -9.93. The first-order valence-electron chi connectivity index (χ1n) is 38.9. The number of phosphoric acid groups is 2. The minimum absolute atomic E-state index is 0.0959. The van der Waals surface area contributed by atoms with Crippen LogP contribution in [0.25, 0.3) is 0 Å². The molecule has 0 saturated heterocycles. The van der Waals surface area contributed by atoms with Gasteiger partial charge in [-0.2, -0.15) is 0 Å². The van der Waals surface area contributed by atoms with Crippen molar-refractivity contribution in [2.24, 2.45) is 0 Å². The van der Waals surface area contributed by atoms with Crippen molar-refractivity contribution >= 4 is 39.5 Å². The van der Waals surface area contributed by atoms with Crippen molar-refractivity contribution in [1.82, 2.24) is 0 Å². The number of phosphoric ester groups is 2. The fourth-order valence-corrected chi connectivity index (χ4v) is 12.5. The molecular weight excluding hydrogens is 1260 g/mol. The van der Waals surface area contributed by atoms with Gasteiger partial charge in [0.2, 0.25) is 0 Å². The van der Waals surface area contributed by atoms with Crippen molar-refractivity contribution in [3.8, 4) is 0 Å². The first kappa shape index (κ1) is 93.0. The molecular formula is C77H142O17P2. The third-order valence-electron chi connectivity index (χ3n) is 16.8. The molecule has 0 aliphatic carbocycles. The Kier molecular flexibility index (Phi) is 68.3. The molecule has 0 spiro atoms. The van der Waals surface area contributed by atoms with Crippen LogP contribution in [0.1, 0.15) is 362 Å². The zero-order chi connectivity index (χ0) is 70.4. The quantitative estimate of drug-likeness (QED) is 0.0169. The number of aliphatic hydroxyl groups is 1. The highest BCUT2D eigenvalue weighted by molar-refractivity contribution is 7.47. The molecule has 3 N–H and O–H groups in total. The first-order chi connectivity index (χ1) is 46.7. The van der Waals surface area contributed by atoms with Crippen molar-refractivity contribution in [3.05, 3.63) is 48.6 Å². The second-order valence-corrected chi connectivity index (χ2v) is 29.2. The van der Waals surface area contributed by atoms with Gasteiger partial charge in [0, 0.05) is 25.7 Å². The number of unbranched alkanes of at least 4 members (excludes halogenated alkanes) is 40. The predicted molar refractivity (Wildman–Crippen MR) is 390 cm³/mol. The molecule has 17 nitrogen and oxygen atoms in total. The Morgan fingerprint density at radius 2 is 0.542 bits per heavy atom.